The summed E-state index contributed by atoms with van der Waals surface area (Å²) in [5.41, 5.74) is 2.20. The van der Waals surface area contributed by atoms with Crippen molar-refractivity contribution in [3.63, 3.8) is 0 Å². The molecule has 1 aromatic heterocycles. The van der Waals surface area contributed by atoms with Crippen LogP contribution in [0.1, 0.15) is 12.0 Å². The van der Waals surface area contributed by atoms with E-state index >= 15 is 0 Å². The SMILES string of the molecule is COc1ccc2c(c1)sc(=NC(=O)CCc1ccccc1)n2C. The maximum Gasteiger partial charge on any atom is 0.248 e. The van der Waals surface area contributed by atoms with Crippen LogP contribution in [0.15, 0.2) is 53.5 Å². The first kappa shape index (κ1) is 15.5. The van der Waals surface area contributed by atoms with Crippen molar-refractivity contribution in [3.8, 4) is 5.75 Å². The van der Waals surface area contributed by atoms with Gasteiger partial charge in [0.1, 0.15) is 5.75 Å². The maximum atomic E-state index is 12.1. The van der Waals surface area contributed by atoms with Crippen molar-refractivity contribution < 1.29 is 9.53 Å². The summed E-state index contributed by atoms with van der Waals surface area (Å²) in [4.78, 5) is 17.1. The molecular weight excluding hydrogens is 308 g/mol. The van der Waals surface area contributed by atoms with E-state index < -0.39 is 0 Å². The molecule has 0 radical (unpaired) electrons. The van der Waals surface area contributed by atoms with E-state index in [4.69, 9.17) is 4.74 Å². The third-order valence-corrected chi connectivity index (χ3v) is 4.80. The Kier molecular flexibility index (Phi) is 4.57. The van der Waals surface area contributed by atoms with E-state index in [-0.39, 0.29) is 5.91 Å². The van der Waals surface area contributed by atoms with Crippen molar-refractivity contribution in [1.29, 1.82) is 0 Å². The number of ether oxygens (including phenoxy) is 1. The topological polar surface area (TPSA) is 43.6 Å². The number of carbonyl (C=O) groups excluding carboxylic acids is 1. The predicted octanol–water partition coefficient (Wildman–Crippen LogP) is 3.31. The lowest BCUT2D eigenvalue weighted by atomic mass is 10.1. The summed E-state index contributed by atoms with van der Waals surface area (Å²) < 4.78 is 8.24. The number of methoxy groups -OCH3 is 1. The van der Waals surface area contributed by atoms with E-state index in [9.17, 15) is 4.79 Å². The second kappa shape index (κ2) is 6.79. The minimum Gasteiger partial charge on any atom is -0.497 e. The second-order valence-electron chi connectivity index (χ2n) is 5.27. The fourth-order valence-corrected chi connectivity index (χ4v) is 3.47. The zero-order valence-electron chi connectivity index (χ0n) is 13.2. The number of benzene rings is 2. The summed E-state index contributed by atoms with van der Waals surface area (Å²) in [5, 5.41) is 0. The quantitative estimate of drug-likeness (QED) is 0.738. The van der Waals surface area contributed by atoms with E-state index in [1.807, 2.05) is 60.1 Å². The zero-order valence-corrected chi connectivity index (χ0v) is 14.0. The number of hydrogen-bond donors (Lipinski definition) is 0. The highest BCUT2D eigenvalue weighted by Gasteiger charge is 2.06. The fourth-order valence-electron chi connectivity index (χ4n) is 2.41. The average molecular weight is 326 g/mol. The number of aryl methyl sites for hydroxylation is 2. The zero-order chi connectivity index (χ0) is 16.2. The van der Waals surface area contributed by atoms with Gasteiger partial charge in [0, 0.05) is 13.5 Å². The van der Waals surface area contributed by atoms with E-state index in [1.165, 1.54) is 11.3 Å². The molecule has 0 aliphatic heterocycles. The molecule has 118 valence electrons. The number of hydrogen-bond acceptors (Lipinski definition) is 3. The fraction of sp³-hybridized carbons (Fsp3) is 0.222. The molecule has 5 heteroatoms. The van der Waals surface area contributed by atoms with Crippen LogP contribution in [0.5, 0.6) is 5.75 Å². The molecule has 0 saturated carbocycles. The molecule has 1 amide bonds. The molecule has 0 aliphatic carbocycles. The number of amides is 1. The molecule has 0 unspecified atom stereocenters. The van der Waals surface area contributed by atoms with Gasteiger partial charge in [0.25, 0.3) is 0 Å². The summed E-state index contributed by atoms with van der Waals surface area (Å²) in [6.45, 7) is 0. The van der Waals surface area contributed by atoms with Crippen LogP contribution in [0.25, 0.3) is 10.2 Å². The molecule has 2 aromatic carbocycles. The van der Waals surface area contributed by atoms with Gasteiger partial charge in [-0.25, -0.2) is 0 Å². The number of thiazole rings is 1. The normalized spacial score (nSPS) is 11.8. The number of rotatable bonds is 4. The van der Waals surface area contributed by atoms with Gasteiger partial charge in [-0.3, -0.25) is 4.79 Å². The van der Waals surface area contributed by atoms with Crippen molar-refractivity contribution >= 4 is 27.5 Å². The second-order valence-corrected chi connectivity index (χ2v) is 6.28. The van der Waals surface area contributed by atoms with Crippen LogP contribution < -0.4 is 9.54 Å². The van der Waals surface area contributed by atoms with Crippen LogP contribution in [0.4, 0.5) is 0 Å². The minimum absolute atomic E-state index is 0.0945. The van der Waals surface area contributed by atoms with Gasteiger partial charge in [0.05, 0.1) is 17.3 Å². The highest BCUT2D eigenvalue weighted by molar-refractivity contribution is 7.16. The van der Waals surface area contributed by atoms with Crippen LogP contribution in [0, 0.1) is 0 Å². The Labute approximate surface area is 138 Å². The first-order valence-corrected chi connectivity index (χ1v) is 8.24. The number of nitrogens with zero attached hydrogens (tertiary/aromatic N) is 2. The smallest absolute Gasteiger partial charge is 0.248 e. The van der Waals surface area contributed by atoms with Gasteiger partial charge in [0.15, 0.2) is 4.80 Å². The standard InChI is InChI=1S/C18H18N2O2S/c1-20-15-10-9-14(22-2)12-16(15)23-18(20)19-17(21)11-8-13-6-4-3-5-7-13/h3-7,9-10,12H,8,11H2,1-2H3. The van der Waals surface area contributed by atoms with Crippen LogP contribution >= 0.6 is 11.3 Å². The summed E-state index contributed by atoms with van der Waals surface area (Å²) in [6.07, 6.45) is 1.13. The molecule has 0 bridgehead atoms. The third-order valence-electron chi connectivity index (χ3n) is 3.71. The Morgan fingerprint density at radius 3 is 2.74 bits per heavy atom. The predicted molar refractivity (Wildman–Crippen MR) is 92.7 cm³/mol. The van der Waals surface area contributed by atoms with Crippen LogP contribution in [0.2, 0.25) is 0 Å². The Balaban J connectivity index is 1.82. The lowest BCUT2D eigenvalue weighted by Crippen LogP contribution is -2.13. The van der Waals surface area contributed by atoms with Crippen molar-refractivity contribution in [2.24, 2.45) is 12.0 Å². The largest absolute Gasteiger partial charge is 0.497 e. The summed E-state index contributed by atoms with van der Waals surface area (Å²) in [7, 11) is 3.57. The number of fused-ring (bicyclic) bond motifs is 1. The average Bonchev–Trinajstić information content (AvgIpc) is 2.89. The first-order chi connectivity index (χ1) is 11.2. The van der Waals surface area contributed by atoms with Gasteiger partial charge in [-0.05, 0) is 30.2 Å². The molecule has 3 rings (SSSR count). The van der Waals surface area contributed by atoms with Gasteiger partial charge in [-0.2, -0.15) is 4.99 Å². The van der Waals surface area contributed by atoms with E-state index in [2.05, 4.69) is 4.99 Å². The first-order valence-electron chi connectivity index (χ1n) is 7.42. The van der Waals surface area contributed by atoms with Crippen molar-refractivity contribution in [1.82, 2.24) is 4.57 Å². The molecule has 0 atom stereocenters. The Hall–Kier alpha value is -2.40. The molecule has 4 nitrogen and oxygen atoms in total. The lowest BCUT2D eigenvalue weighted by Gasteiger charge is -1.99. The van der Waals surface area contributed by atoms with Gasteiger partial charge >= 0.3 is 0 Å². The number of aromatic nitrogens is 1. The number of carbonyl (C=O) groups is 1. The van der Waals surface area contributed by atoms with Crippen LogP contribution in [-0.2, 0) is 18.3 Å². The van der Waals surface area contributed by atoms with Crippen molar-refractivity contribution in [2.45, 2.75) is 12.8 Å². The molecular formula is C18H18N2O2S. The Bertz CT molecular complexity index is 894. The molecule has 0 N–H and O–H groups in total. The molecule has 1 heterocycles. The van der Waals surface area contributed by atoms with Crippen molar-refractivity contribution in [3.05, 3.63) is 58.9 Å². The highest BCUT2D eigenvalue weighted by atomic mass is 32.1. The molecule has 23 heavy (non-hydrogen) atoms. The van der Waals surface area contributed by atoms with Gasteiger partial charge in [0.2, 0.25) is 5.91 Å². The molecule has 0 saturated heterocycles. The summed E-state index contributed by atoms with van der Waals surface area (Å²) >= 11 is 1.50. The third kappa shape index (κ3) is 3.51. The van der Waals surface area contributed by atoms with E-state index in [1.54, 1.807) is 7.11 Å². The summed E-state index contributed by atoms with van der Waals surface area (Å²) in [5.74, 6) is 0.712. The van der Waals surface area contributed by atoms with E-state index in [0.29, 0.717) is 17.6 Å². The molecule has 3 aromatic rings. The Morgan fingerprint density at radius 2 is 2.00 bits per heavy atom. The Morgan fingerprint density at radius 1 is 1.22 bits per heavy atom. The molecule has 0 spiro atoms. The van der Waals surface area contributed by atoms with Gasteiger partial charge in [-0.15, -0.1) is 0 Å². The molecule has 0 fully saturated rings. The van der Waals surface area contributed by atoms with Gasteiger partial charge in [-0.1, -0.05) is 41.7 Å². The van der Waals surface area contributed by atoms with Crippen LogP contribution in [0.3, 0.4) is 0 Å². The van der Waals surface area contributed by atoms with Crippen LogP contribution in [-0.4, -0.2) is 17.6 Å². The lowest BCUT2D eigenvalue weighted by molar-refractivity contribution is -0.118. The molecule has 0 aliphatic rings. The summed E-state index contributed by atoms with van der Waals surface area (Å²) in [6, 6.07) is 15.9. The maximum absolute atomic E-state index is 12.1. The highest BCUT2D eigenvalue weighted by Crippen LogP contribution is 2.22. The van der Waals surface area contributed by atoms with Gasteiger partial charge < -0.3 is 9.30 Å². The van der Waals surface area contributed by atoms with E-state index in [0.717, 1.165) is 21.5 Å². The minimum atomic E-state index is -0.0945. The monoisotopic (exact) mass is 326 g/mol. The van der Waals surface area contributed by atoms with Crippen molar-refractivity contribution in [2.75, 3.05) is 7.11 Å².